The largest absolute Gasteiger partial charge is 0.390 e. The zero-order valence-corrected chi connectivity index (χ0v) is 8.57. The van der Waals surface area contributed by atoms with Gasteiger partial charge in [0.05, 0.1) is 16.6 Å². The number of rotatable bonds is 2. The third kappa shape index (κ3) is 2.02. The average Bonchev–Trinajstić information content (AvgIpc) is 2.29. The van der Waals surface area contributed by atoms with Crippen LogP contribution in [0.25, 0.3) is 0 Å². The minimum Gasteiger partial charge on any atom is -0.390 e. The van der Waals surface area contributed by atoms with Crippen molar-refractivity contribution in [3.63, 3.8) is 0 Å². The molecule has 2 unspecified atom stereocenters. The number of aliphatic hydroxyl groups is 1. The van der Waals surface area contributed by atoms with Crippen LogP contribution in [0.15, 0.2) is 18.5 Å². The van der Waals surface area contributed by atoms with E-state index < -0.39 is 17.1 Å². The Morgan fingerprint density at radius 1 is 1.62 bits per heavy atom. The van der Waals surface area contributed by atoms with Gasteiger partial charge in [0.25, 0.3) is 5.69 Å². The first kappa shape index (κ1) is 11.0. The van der Waals surface area contributed by atoms with Crippen molar-refractivity contribution in [1.82, 2.24) is 4.98 Å². The zero-order chi connectivity index (χ0) is 11.5. The monoisotopic (exact) mass is 224 g/mol. The highest BCUT2D eigenvalue weighted by atomic mass is 16.6. The molecule has 1 aromatic heterocycles. The standard InChI is InChI=1S/C10H12N2O4/c13-9-2-1-5-16-10(9)7-3-4-11-6-8(7)12(14)15/h3-4,6,9-10,13H,1-2,5H2. The van der Waals surface area contributed by atoms with Gasteiger partial charge in [0.1, 0.15) is 12.3 Å². The number of aliphatic hydroxyl groups excluding tert-OH is 1. The highest BCUT2D eigenvalue weighted by molar-refractivity contribution is 5.39. The lowest BCUT2D eigenvalue weighted by molar-refractivity contribution is -0.386. The molecule has 0 saturated carbocycles. The molecule has 1 N–H and O–H groups in total. The molecule has 0 spiro atoms. The van der Waals surface area contributed by atoms with Crippen LogP contribution >= 0.6 is 0 Å². The predicted octanol–water partition coefficient (Wildman–Crippen LogP) is 1.20. The molecule has 1 aromatic rings. The van der Waals surface area contributed by atoms with E-state index in [1.165, 1.54) is 18.5 Å². The van der Waals surface area contributed by atoms with E-state index in [1.807, 2.05) is 0 Å². The molecule has 0 amide bonds. The summed E-state index contributed by atoms with van der Waals surface area (Å²) < 4.78 is 5.38. The van der Waals surface area contributed by atoms with Crippen molar-refractivity contribution in [3.05, 3.63) is 34.1 Å². The van der Waals surface area contributed by atoms with Gasteiger partial charge in [0, 0.05) is 12.8 Å². The van der Waals surface area contributed by atoms with E-state index in [0.717, 1.165) is 6.42 Å². The summed E-state index contributed by atoms with van der Waals surface area (Å²) in [6.45, 7) is 0.515. The van der Waals surface area contributed by atoms with Crippen LogP contribution in [-0.4, -0.2) is 27.7 Å². The SMILES string of the molecule is O=[N+]([O-])c1cnccc1C1OCCCC1O. The van der Waals surface area contributed by atoms with E-state index in [9.17, 15) is 15.2 Å². The fraction of sp³-hybridized carbons (Fsp3) is 0.500. The Kier molecular flexibility index (Phi) is 3.12. The number of hydrogen-bond donors (Lipinski definition) is 1. The number of aromatic nitrogens is 1. The second-order valence-corrected chi connectivity index (χ2v) is 3.69. The molecule has 6 nitrogen and oxygen atoms in total. The quantitative estimate of drug-likeness (QED) is 0.602. The molecule has 2 rings (SSSR count). The van der Waals surface area contributed by atoms with Gasteiger partial charge in [-0.05, 0) is 18.9 Å². The van der Waals surface area contributed by atoms with E-state index in [1.54, 1.807) is 0 Å². The molecule has 6 heteroatoms. The van der Waals surface area contributed by atoms with E-state index in [0.29, 0.717) is 18.6 Å². The number of hydrogen-bond acceptors (Lipinski definition) is 5. The first-order chi connectivity index (χ1) is 7.70. The van der Waals surface area contributed by atoms with E-state index in [4.69, 9.17) is 4.74 Å². The summed E-state index contributed by atoms with van der Waals surface area (Å²) in [5.74, 6) is 0. The van der Waals surface area contributed by atoms with Gasteiger partial charge < -0.3 is 9.84 Å². The Morgan fingerprint density at radius 3 is 3.12 bits per heavy atom. The van der Waals surface area contributed by atoms with Crippen LogP contribution in [0.5, 0.6) is 0 Å². The molecule has 86 valence electrons. The van der Waals surface area contributed by atoms with E-state index in [-0.39, 0.29) is 5.69 Å². The van der Waals surface area contributed by atoms with Crippen molar-refractivity contribution >= 4 is 5.69 Å². The summed E-state index contributed by atoms with van der Waals surface area (Å²) in [4.78, 5) is 14.0. The second kappa shape index (κ2) is 4.54. The first-order valence-electron chi connectivity index (χ1n) is 5.08. The van der Waals surface area contributed by atoms with Crippen LogP contribution in [0.1, 0.15) is 24.5 Å². The van der Waals surface area contributed by atoms with E-state index >= 15 is 0 Å². The number of ether oxygens (including phenoxy) is 1. The van der Waals surface area contributed by atoms with Crippen LogP contribution < -0.4 is 0 Å². The summed E-state index contributed by atoms with van der Waals surface area (Å²) >= 11 is 0. The molecule has 0 radical (unpaired) electrons. The van der Waals surface area contributed by atoms with Crippen molar-refractivity contribution in [1.29, 1.82) is 0 Å². The molecule has 1 fully saturated rings. The third-order valence-electron chi connectivity index (χ3n) is 2.63. The number of nitro groups is 1. The molecular weight excluding hydrogens is 212 g/mol. The fourth-order valence-corrected chi connectivity index (χ4v) is 1.85. The summed E-state index contributed by atoms with van der Waals surface area (Å²) in [7, 11) is 0. The van der Waals surface area contributed by atoms with Gasteiger partial charge in [0.2, 0.25) is 0 Å². The van der Waals surface area contributed by atoms with Crippen molar-refractivity contribution in [3.8, 4) is 0 Å². The van der Waals surface area contributed by atoms with Crippen LogP contribution in [0.2, 0.25) is 0 Å². The predicted molar refractivity (Wildman–Crippen MR) is 54.8 cm³/mol. The Balaban J connectivity index is 2.34. The molecule has 1 saturated heterocycles. The lowest BCUT2D eigenvalue weighted by Crippen LogP contribution is -2.27. The molecule has 1 aliphatic rings. The Morgan fingerprint density at radius 2 is 2.44 bits per heavy atom. The molecule has 2 heterocycles. The Hall–Kier alpha value is -1.53. The maximum Gasteiger partial charge on any atom is 0.293 e. The van der Waals surface area contributed by atoms with Gasteiger partial charge in [0.15, 0.2) is 0 Å². The zero-order valence-electron chi connectivity index (χ0n) is 8.57. The summed E-state index contributed by atoms with van der Waals surface area (Å²) in [5.41, 5.74) is 0.292. The summed E-state index contributed by atoms with van der Waals surface area (Å²) in [6.07, 6.45) is 2.72. The van der Waals surface area contributed by atoms with Crippen LogP contribution in [0.3, 0.4) is 0 Å². The molecule has 0 bridgehead atoms. The Labute approximate surface area is 92.0 Å². The van der Waals surface area contributed by atoms with Crippen molar-refractivity contribution < 1.29 is 14.8 Å². The molecule has 2 atom stereocenters. The first-order valence-corrected chi connectivity index (χ1v) is 5.08. The third-order valence-corrected chi connectivity index (χ3v) is 2.63. The van der Waals surface area contributed by atoms with Crippen molar-refractivity contribution in [2.75, 3.05) is 6.61 Å². The van der Waals surface area contributed by atoms with Gasteiger partial charge in [-0.1, -0.05) is 0 Å². The average molecular weight is 224 g/mol. The van der Waals surface area contributed by atoms with E-state index in [2.05, 4.69) is 4.98 Å². The smallest absolute Gasteiger partial charge is 0.293 e. The molecule has 1 aliphatic heterocycles. The molecule has 0 aromatic carbocycles. The number of pyridine rings is 1. The van der Waals surface area contributed by atoms with Gasteiger partial charge in [-0.25, -0.2) is 0 Å². The summed E-state index contributed by atoms with van der Waals surface area (Å²) in [6, 6.07) is 1.53. The topological polar surface area (TPSA) is 85.5 Å². The fourth-order valence-electron chi connectivity index (χ4n) is 1.85. The van der Waals surface area contributed by atoms with Crippen LogP contribution in [0, 0.1) is 10.1 Å². The van der Waals surface area contributed by atoms with Crippen molar-refractivity contribution in [2.24, 2.45) is 0 Å². The lowest BCUT2D eigenvalue weighted by atomic mass is 9.98. The molecule has 0 aliphatic carbocycles. The second-order valence-electron chi connectivity index (χ2n) is 3.69. The summed E-state index contributed by atoms with van der Waals surface area (Å²) in [5, 5.41) is 20.6. The van der Waals surface area contributed by atoms with Crippen molar-refractivity contribution in [2.45, 2.75) is 25.0 Å². The maximum absolute atomic E-state index is 10.8. The number of nitrogens with zero attached hydrogens (tertiary/aromatic N) is 2. The van der Waals surface area contributed by atoms with Gasteiger partial charge >= 0.3 is 0 Å². The Bertz CT molecular complexity index is 396. The lowest BCUT2D eigenvalue weighted by Gasteiger charge is -2.27. The van der Waals surface area contributed by atoms with Gasteiger partial charge in [-0.2, -0.15) is 0 Å². The molecule has 16 heavy (non-hydrogen) atoms. The normalized spacial score (nSPS) is 25.3. The maximum atomic E-state index is 10.8. The minimum atomic E-state index is -0.685. The van der Waals surface area contributed by atoms with Crippen LogP contribution in [-0.2, 0) is 4.74 Å². The van der Waals surface area contributed by atoms with Gasteiger partial charge in [-0.3, -0.25) is 15.1 Å². The minimum absolute atomic E-state index is 0.103. The highest BCUT2D eigenvalue weighted by Gasteiger charge is 2.31. The van der Waals surface area contributed by atoms with Crippen LogP contribution in [0.4, 0.5) is 5.69 Å². The highest BCUT2D eigenvalue weighted by Crippen LogP contribution is 2.33. The van der Waals surface area contributed by atoms with Gasteiger partial charge in [-0.15, -0.1) is 0 Å². The molecular formula is C10H12N2O4.